The number of alkyl carbamates (subject to hydrolysis) is 1. The van der Waals surface area contributed by atoms with Crippen LogP contribution in [0.4, 0.5) is 13.6 Å². The molecule has 0 spiro atoms. The molecule has 2 aliphatic rings. The maximum Gasteiger partial charge on any atom is 1.00 e. The Morgan fingerprint density at radius 3 is 2.26 bits per heavy atom. The summed E-state index contributed by atoms with van der Waals surface area (Å²) in [6, 6.07) is -2.81. The first kappa shape index (κ1) is 35.0. The van der Waals surface area contributed by atoms with E-state index in [0.29, 0.717) is 13.0 Å². The van der Waals surface area contributed by atoms with Gasteiger partial charge in [0.2, 0.25) is 17.7 Å². The number of carbonyl (C=O) groups is 3. The molecule has 1 unspecified atom stereocenters. The van der Waals surface area contributed by atoms with Crippen molar-refractivity contribution in [1.82, 2.24) is 16.0 Å². The van der Waals surface area contributed by atoms with Gasteiger partial charge in [0.1, 0.15) is 21.8 Å². The standard InChI is InChI=1S/C23H39F2N3O8S.Na/c1-13(2)11-16(28-21(32)36-22(3,4)15-5-8-23(24,25)9-6-15)19(30)27-17(20(31)37(33,34)35)12-14-7-10-26-18(14)29;/h13-17,20,31H,5-12H2,1-4H3,(H,26,29)(H,27,30)(H,28,32)(H,33,34,35);/q;+1/p-1/t14-,16-,17-,20?;/m0./s1. The topological polar surface area (TPSA) is 174 Å². The van der Waals surface area contributed by atoms with E-state index < -0.39 is 63.0 Å². The molecule has 214 valence electrons. The van der Waals surface area contributed by atoms with Crippen molar-refractivity contribution < 1.29 is 75.5 Å². The summed E-state index contributed by atoms with van der Waals surface area (Å²) in [6.45, 7) is 7.10. The molecule has 0 aromatic rings. The number of nitrogens with one attached hydrogen (secondary N) is 3. The van der Waals surface area contributed by atoms with Gasteiger partial charge in [-0.15, -0.1) is 0 Å². The third-order valence-electron chi connectivity index (χ3n) is 7.04. The fourth-order valence-corrected chi connectivity index (χ4v) is 5.42. The number of aliphatic hydroxyl groups is 1. The molecule has 15 heteroatoms. The molecule has 11 nitrogen and oxygen atoms in total. The van der Waals surface area contributed by atoms with Crippen LogP contribution in [0.1, 0.15) is 72.6 Å². The monoisotopic (exact) mass is 577 g/mol. The van der Waals surface area contributed by atoms with Gasteiger partial charge in [-0.1, -0.05) is 13.8 Å². The van der Waals surface area contributed by atoms with Crippen LogP contribution in [-0.4, -0.2) is 71.6 Å². The number of aliphatic hydroxyl groups excluding tert-OH is 1. The first-order valence-corrected chi connectivity index (χ1v) is 14.0. The molecule has 1 heterocycles. The van der Waals surface area contributed by atoms with Crippen LogP contribution in [0, 0.1) is 17.8 Å². The van der Waals surface area contributed by atoms with Gasteiger partial charge in [-0.3, -0.25) is 9.59 Å². The van der Waals surface area contributed by atoms with E-state index in [9.17, 15) is 41.2 Å². The summed E-state index contributed by atoms with van der Waals surface area (Å²) in [5.41, 5.74) is -3.59. The zero-order valence-electron chi connectivity index (χ0n) is 22.6. The summed E-state index contributed by atoms with van der Waals surface area (Å²) >= 11 is 0. The molecule has 4 N–H and O–H groups in total. The third-order valence-corrected chi connectivity index (χ3v) is 7.96. The van der Waals surface area contributed by atoms with Gasteiger partial charge in [0, 0.05) is 25.3 Å². The normalized spacial score (nSPS) is 22.6. The number of amides is 3. The van der Waals surface area contributed by atoms with Crippen molar-refractivity contribution in [3.8, 4) is 0 Å². The minimum absolute atomic E-state index is 0. The Bertz CT molecular complexity index is 941. The average Bonchev–Trinajstić information content (AvgIpc) is 3.14. The average molecular weight is 578 g/mol. The molecule has 1 aliphatic heterocycles. The maximum atomic E-state index is 13.5. The van der Waals surface area contributed by atoms with Crippen molar-refractivity contribution in [2.45, 2.75) is 102 Å². The minimum Gasteiger partial charge on any atom is -0.746 e. The second-order valence-electron chi connectivity index (χ2n) is 11.0. The van der Waals surface area contributed by atoms with Crippen LogP contribution in [0.3, 0.4) is 0 Å². The molecule has 0 bridgehead atoms. The predicted octanol–water partition coefficient (Wildman–Crippen LogP) is -1.39. The Hall–Kier alpha value is -1.06. The van der Waals surface area contributed by atoms with Crippen molar-refractivity contribution in [1.29, 1.82) is 0 Å². The van der Waals surface area contributed by atoms with Gasteiger partial charge in [0.15, 0.2) is 5.44 Å². The van der Waals surface area contributed by atoms with Crippen LogP contribution >= 0.6 is 0 Å². The Balaban J connectivity index is 0.00000722. The van der Waals surface area contributed by atoms with E-state index in [2.05, 4.69) is 16.0 Å². The van der Waals surface area contributed by atoms with Crippen molar-refractivity contribution >= 4 is 28.0 Å². The fraction of sp³-hybridized carbons (Fsp3) is 0.870. The first-order valence-electron chi connectivity index (χ1n) is 12.5. The first-order chi connectivity index (χ1) is 16.9. The summed E-state index contributed by atoms with van der Waals surface area (Å²) in [5.74, 6) is -5.14. The number of carbonyl (C=O) groups excluding carboxylic acids is 3. The van der Waals surface area contributed by atoms with Gasteiger partial charge < -0.3 is 30.3 Å². The van der Waals surface area contributed by atoms with Crippen LogP contribution in [0.15, 0.2) is 0 Å². The van der Waals surface area contributed by atoms with Crippen LogP contribution < -0.4 is 45.5 Å². The molecule has 2 rings (SSSR count). The third kappa shape index (κ3) is 10.5. The second kappa shape index (κ2) is 14.0. The summed E-state index contributed by atoms with van der Waals surface area (Å²) in [6.07, 6.45) is -1.11. The van der Waals surface area contributed by atoms with Gasteiger partial charge in [-0.05, 0) is 57.8 Å². The fourth-order valence-electron chi connectivity index (χ4n) is 4.84. The number of hydrogen-bond donors (Lipinski definition) is 4. The SMILES string of the molecule is CC(C)C[C@H](NC(=O)OC(C)(C)C1CCC(F)(F)CC1)C(=O)N[C@@H](C[C@@H]1CCNC1=O)C(O)S(=O)(=O)[O-].[Na+]. The van der Waals surface area contributed by atoms with Crippen molar-refractivity contribution in [2.75, 3.05) is 6.54 Å². The van der Waals surface area contributed by atoms with Gasteiger partial charge >= 0.3 is 35.7 Å². The van der Waals surface area contributed by atoms with E-state index in [1.54, 1.807) is 27.7 Å². The summed E-state index contributed by atoms with van der Waals surface area (Å²) in [4.78, 5) is 37.7. The number of rotatable bonds is 11. The molecule has 38 heavy (non-hydrogen) atoms. The van der Waals surface area contributed by atoms with E-state index >= 15 is 0 Å². The Labute approximate surface area is 244 Å². The molecular formula is C23H38F2N3NaO8S. The van der Waals surface area contributed by atoms with Crippen molar-refractivity contribution in [3.63, 3.8) is 0 Å². The van der Waals surface area contributed by atoms with Gasteiger partial charge in [0.25, 0.3) is 0 Å². The van der Waals surface area contributed by atoms with Gasteiger partial charge in [-0.2, -0.15) is 0 Å². The van der Waals surface area contributed by atoms with Crippen LogP contribution in [0.2, 0.25) is 0 Å². The van der Waals surface area contributed by atoms with Gasteiger partial charge in [0.05, 0.1) is 6.04 Å². The zero-order valence-corrected chi connectivity index (χ0v) is 25.4. The summed E-state index contributed by atoms with van der Waals surface area (Å²) < 4.78 is 67.0. The van der Waals surface area contributed by atoms with Crippen LogP contribution in [-0.2, 0) is 24.4 Å². The second-order valence-corrected chi connectivity index (χ2v) is 12.4. The Morgan fingerprint density at radius 1 is 1.21 bits per heavy atom. The summed E-state index contributed by atoms with van der Waals surface area (Å²) in [5, 5.41) is 17.4. The quantitative estimate of drug-likeness (QED) is 0.172. The molecule has 1 saturated heterocycles. The maximum absolute atomic E-state index is 13.5. The molecule has 0 radical (unpaired) electrons. The van der Waals surface area contributed by atoms with Crippen LogP contribution in [0.5, 0.6) is 0 Å². The van der Waals surface area contributed by atoms with E-state index in [-0.39, 0.29) is 79.9 Å². The molecule has 1 aliphatic carbocycles. The smallest absolute Gasteiger partial charge is 0.746 e. The number of ether oxygens (including phenoxy) is 1. The van der Waals surface area contributed by atoms with E-state index in [0.717, 1.165) is 0 Å². The van der Waals surface area contributed by atoms with Gasteiger partial charge in [-0.25, -0.2) is 22.0 Å². The summed E-state index contributed by atoms with van der Waals surface area (Å²) in [7, 11) is -5.23. The molecule has 0 aromatic carbocycles. The molecule has 4 atom stereocenters. The van der Waals surface area contributed by atoms with E-state index in [1.165, 1.54) is 0 Å². The van der Waals surface area contributed by atoms with Crippen LogP contribution in [0.25, 0.3) is 0 Å². The Morgan fingerprint density at radius 2 is 1.79 bits per heavy atom. The number of hydrogen-bond acceptors (Lipinski definition) is 8. The Kier molecular flexibility index (Phi) is 12.9. The van der Waals surface area contributed by atoms with Crippen molar-refractivity contribution in [3.05, 3.63) is 0 Å². The molecular weight excluding hydrogens is 539 g/mol. The largest absolute Gasteiger partial charge is 1.00 e. The molecule has 2 fully saturated rings. The zero-order chi connectivity index (χ0) is 28.2. The molecule has 1 saturated carbocycles. The number of alkyl halides is 2. The molecule has 0 aromatic heterocycles. The van der Waals surface area contributed by atoms with Crippen molar-refractivity contribution in [2.24, 2.45) is 17.8 Å². The minimum atomic E-state index is -5.23. The predicted molar refractivity (Wildman–Crippen MR) is 127 cm³/mol. The van der Waals surface area contributed by atoms with E-state index in [1.807, 2.05) is 0 Å². The number of halogens is 2. The molecule has 3 amide bonds. The van der Waals surface area contributed by atoms with E-state index in [4.69, 9.17) is 4.74 Å².